The van der Waals surface area contributed by atoms with Gasteiger partial charge in [0.15, 0.2) is 0 Å². The fourth-order valence-corrected chi connectivity index (χ4v) is 1.94. The second-order valence-electron chi connectivity index (χ2n) is 4.82. The normalized spacial score (nSPS) is 10.0. The molecule has 5 heteroatoms. The van der Waals surface area contributed by atoms with E-state index in [1.54, 1.807) is 12.1 Å². The Labute approximate surface area is 126 Å². The quantitative estimate of drug-likeness (QED) is 0.542. The van der Waals surface area contributed by atoms with Crippen molar-refractivity contribution in [1.29, 1.82) is 0 Å². The molecular formula is C16H24N2O3. The number of benzene rings is 1. The van der Waals surface area contributed by atoms with Crippen LogP contribution in [0.4, 0.5) is 5.69 Å². The third-order valence-electron chi connectivity index (χ3n) is 3.26. The number of hydrogen-bond donors (Lipinski definition) is 2. The van der Waals surface area contributed by atoms with Gasteiger partial charge in [0, 0.05) is 31.3 Å². The van der Waals surface area contributed by atoms with Crippen LogP contribution in [-0.2, 0) is 9.53 Å². The Bertz CT molecular complexity index is 443. The van der Waals surface area contributed by atoms with Crippen LogP contribution < -0.4 is 10.6 Å². The zero-order valence-corrected chi connectivity index (χ0v) is 12.8. The number of ether oxygens (including phenoxy) is 1. The molecule has 0 fully saturated rings. The van der Waals surface area contributed by atoms with Gasteiger partial charge in [-0.1, -0.05) is 12.8 Å². The molecule has 1 rings (SSSR count). The van der Waals surface area contributed by atoms with Crippen LogP contribution in [0.5, 0.6) is 0 Å². The molecule has 116 valence electrons. The second-order valence-corrected chi connectivity index (χ2v) is 4.82. The number of nitrogens with one attached hydrogen (secondary N) is 2. The Hall–Kier alpha value is -2.04. The highest BCUT2D eigenvalue weighted by Gasteiger charge is 2.04. The molecular weight excluding hydrogens is 268 g/mol. The molecule has 0 bridgehead atoms. The first-order chi connectivity index (χ1) is 10.2. The van der Waals surface area contributed by atoms with Gasteiger partial charge < -0.3 is 15.4 Å². The van der Waals surface area contributed by atoms with E-state index in [1.165, 1.54) is 7.11 Å². The van der Waals surface area contributed by atoms with Gasteiger partial charge in [-0.2, -0.15) is 0 Å². The van der Waals surface area contributed by atoms with E-state index in [0.717, 1.165) is 31.4 Å². The summed E-state index contributed by atoms with van der Waals surface area (Å²) >= 11 is 0. The first-order valence-corrected chi connectivity index (χ1v) is 7.30. The van der Waals surface area contributed by atoms with Crippen molar-refractivity contribution in [2.45, 2.75) is 32.1 Å². The third kappa shape index (κ3) is 6.79. The van der Waals surface area contributed by atoms with E-state index >= 15 is 0 Å². The van der Waals surface area contributed by atoms with E-state index in [0.29, 0.717) is 18.5 Å². The average Bonchev–Trinajstić information content (AvgIpc) is 2.53. The summed E-state index contributed by atoms with van der Waals surface area (Å²) in [5.41, 5.74) is 1.65. The van der Waals surface area contributed by atoms with Crippen molar-refractivity contribution in [2.24, 2.45) is 0 Å². The number of methoxy groups -OCH3 is 1. The van der Waals surface area contributed by atoms with Crippen molar-refractivity contribution in [1.82, 2.24) is 5.32 Å². The van der Waals surface area contributed by atoms with E-state index in [1.807, 2.05) is 19.2 Å². The summed E-state index contributed by atoms with van der Waals surface area (Å²) in [6.45, 7) is 0.658. The van der Waals surface area contributed by atoms with Gasteiger partial charge in [-0.3, -0.25) is 9.59 Å². The number of carbonyl (C=O) groups excluding carboxylic acids is 2. The predicted octanol–water partition coefficient (Wildman–Crippen LogP) is 2.58. The van der Waals surface area contributed by atoms with Crippen molar-refractivity contribution in [3.63, 3.8) is 0 Å². The van der Waals surface area contributed by atoms with E-state index in [4.69, 9.17) is 0 Å². The third-order valence-corrected chi connectivity index (χ3v) is 3.26. The number of anilines is 1. The number of unbranched alkanes of at least 4 members (excludes halogenated alkanes) is 3. The van der Waals surface area contributed by atoms with E-state index in [2.05, 4.69) is 15.4 Å². The van der Waals surface area contributed by atoms with Gasteiger partial charge in [-0.15, -0.1) is 0 Å². The van der Waals surface area contributed by atoms with Crippen molar-refractivity contribution >= 4 is 17.6 Å². The minimum atomic E-state index is -0.159. The van der Waals surface area contributed by atoms with E-state index < -0.39 is 0 Å². The maximum Gasteiger partial charge on any atom is 0.305 e. The standard InChI is InChI=1S/C16H24N2O3/c1-17-14-10-8-13(9-11-14)16(20)18-12-6-4-3-5-7-15(19)21-2/h8-11,17H,3-7,12H2,1-2H3,(H,18,20). The van der Waals surface area contributed by atoms with Crippen LogP contribution in [0.3, 0.4) is 0 Å². The fraction of sp³-hybridized carbons (Fsp3) is 0.500. The molecule has 5 nitrogen and oxygen atoms in total. The monoisotopic (exact) mass is 292 g/mol. The molecule has 0 aliphatic rings. The lowest BCUT2D eigenvalue weighted by Gasteiger charge is -2.06. The lowest BCUT2D eigenvalue weighted by atomic mass is 10.1. The van der Waals surface area contributed by atoms with E-state index in [-0.39, 0.29) is 11.9 Å². The van der Waals surface area contributed by atoms with Gasteiger partial charge in [-0.25, -0.2) is 0 Å². The summed E-state index contributed by atoms with van der Waals surface area (Å²) in [7, 11) is 3.25. The summed E-state index contributed by atoms with van der Waals surface area (Å²) < 4.78 is 4.57. The first-order valence-electron chi connectivity index (χ1n) is 7.30. The van der Waals surface area contributed by atoms with Crippen molar-refractivity contribution < 1.29 is 14.3 Å². The highest BCUT2D eigenvalue weighted by molar-refractivity contribution is 5.94. The Morgan fingerprint density at radius 1 is 1.05 bits per heavy atom. The molecule has 0 aromatic heterocycles. The molecule has 1 amide bonds. The number of amides is 1. The van der Waals surface area contributed by atoms with Gasteiger partial charge in [0.2, 0.25) is 0 Å². The Balaban J connectivity index is 2.11. The minimum Gasteiger partial charge on any atom is -0.469 e. The highest BCUT2D eigenvalue weighted by Crippen LogP contribution is 2.08. The van der Waals surface area contributed by atoms with Gasteiger partial charge in [-0.05, 0) is 37.1 Å². The molecule has 21 heavy (non-hydrogen) atoms. The Morgan fingerprint density at radius 2 is 1.71 bits per heavy atom. The summed E-state index contributed by atoms with van der Waals surface area (Å²) in [5, 5.41) is 5.91. The van der Waals surface area contributed by atoms with Crippen LogP contribution >= 0.6 is 0 Å². The molecule has 0 heterocycles. The molecule has 1 aromatic carbocycles. The topological polar surface area (TPSA) is 67.4 Å². The van der Waals surface area contributed by atoms with Crippen LogP contribution in [0, 0.1) is 0 Å². The molecule has 0 radical (unpaired) electrons. The van der Waals surface area contributed by atoms with E-state index in [9.17, 15) is 9.59 Å². The van der Waals surface area contributed by atoms with Gasteiger partial charge >= 0.3 is 5.97 Å². The Morgan fingerprint density at radius 3 is 2.33 bits per heavy atom. The van der Waals surface area contributed by atoms with Gasteiger partial charge in [0.05, 0.1) is 7.11 Å². The molecule has 0 saturated heterocycles. The highest BCUT2D eigenvalue weighted by atomic mass is 16.5. The van der Waals surface area contributed by atoms with Gasteiger partial charge in [0.1, 0.15) is 0 Å². The maximum absolute atomic E-state index is 11.9. The minimum absolute atomic E-state index is 0.0489. The molecule has 0 aliphatic heterocycles. The molecule has 0 atom stereocenters. The zero-order chi connectivity index (χ0) is 15.5. The summed E-state index contributed by atoms with van der Waals surface area (Å²) in [5.74, 6) is -0.208. The fourth-order valence-electron chi connectivity index (χ4n) is 1.94. The molecule has 0 aliphatic carbocycles. The molecule has 0 saturated carbocycles. The largest absolute Gasteiger partial charge is 0.469 e. The van der Waals surface area contributed by atoms with Crippen LogP contribution in [0.25, 0.3) is 0 Å². The predicted molar refractivity (Wildman–Crippen MR) is 83.4 cm³/mol. The Kier molecular flexibility index (Phi) is 7.94. The first kappa shape index (κ1) is 17.0. The smallest absolute Gasteiger partial charge is 0.305 e. The maximum atomic E-state index is 11.9. The van der Waals surface area contributed by atoms with Crippen molar-refractivity contribution in [2.75, 3.05) is 26.0 Å². The van der Waals surface area contributed by atoms with Crippen LogP contribution in [0.2, 0.25) is 0 Å². The summed E-state index contributed by atoms with van der Waals surface area (Å²) in [4.78, 5) is 22.8. The van der Waals surface area contributed by atoms with Gasteiger partial charge in [0.25, 0.3) is 5.91 Å². The van der Waals surface area contributed by atoms with Crippen LogP contribution in [0.1, 0.15) is 42.5 Å². The number of hydrogen-bond acceptors (Lipinski definition) is 4. The van der Waals surface area contributed by atoms with Crippen LogP contribution in [-0.4, -0.2) is 32.6 Å². The van der Waals surface area contributed by atoms with Crippen molar-refractivity contribution in [3.8, 4) is 0 Å². The van der Waals surface area contributed by atoms with Crippen molar-refractivity contribution in [3.05, 3.63) is 29.8 Å². The number of esters is 1. The molecule has 1 aromatic rings. The SMILES string of the molecule is CNc1ccc(C(=O)NCCCCCCC(=O)OC)cc1. The molecule has 0 unspecified atom stereocenters. The lowest BCUT2D eigenvalue weighted by molar-refractivity contribution is -0.140. The molecule has 0 spiro atoms. The lowest BCUT2D eigenvalue weighted by Crippen LogP contribution is -2.24. The number of rotatable bonds is 9. The average molecular weight is 292 g/mol. The summed E-state index contributed by atoms with van der Waals surface area (Å²) in [6.07, 6.45) is 4.20. The number of carbonyl (C=O) groups is 2. The zero-order valence-electron chi connectivity index (χ0n) is 12.8. The molecule has 2 N–H and O–H groups in total. The van der Waals surface area contributed by atoms with Crippen LogP contribution in [0.15, 0.2) is 24.3 Å². The summed E-state index contributed by atoms with van der Waals surface area (Å²) in [6, 6.07) is 7.36. The second kappa shape index (κ2) is 9.80.